The number of ether oxygens (including phenoxy) is 1. The molecule has 1 aliphatic rings. The van der Waals surface area contributed by atoms with Gasteiger partial charge in [0.1, 0.15) is 5.75 Å². The highest BCUT2D eigenvalue weighted by Gasteiger charge is 2.21. The molecular weight excluding hydrogens is 234 g/mol. The second-order valence-corrected chi connectivity index (χ2v) is 5.83. The van der Waals surface area contributed by atoms with Crippen LogP contribution in [-0.2, 0) is 0 Å². The van der Waals surface area contributed by atoms with Crippen LogP contribution in [0.2, 0.25) is 0 Å². The zero-order valence-corrected chi connectivity index (χ0v) is 12.5. The monoisotopic (exact) mass is 261 g/mol. The minimum atomic E-state index is 0.359. The van der Waals surface area contributed by atoms with Crippen LogP contribution in [0, 0.1) is 5.92 Å². The van der Waals surface area contributed by atoms with Gasteiger partial charge in [-0.15, -0.1) is 0 Å². The molecule has 3 atom stereocenters. The van der Waals surface area contributed by atoms with Crippen LogP contribution in [-0.4, -0.2) is 12.6 Å². The number of nitrogens with one attached hydrogen (secondary N) is 1. The molecule has 0 aliphatic heterocycles. The molecule has 1 aromatic rings. The first-order valence-corrected chi connectivity index (χ1v) is 7.68. The summed E-state index contributed by atoms with van der Waals surface area (Å²) in [6, 6.07) is 9.41. The lowest BCUT2D eigenvalue weighted by molar-refractivity contribution is 0.280. The summed E-state index contributed by atoms with van der Waals surface area (Å²) in [6.45, 7) is 7.38. The lowest BCUT2D eigenvalue weighted by Crippen LogP contribution is -2.35. The maximum absolute atomic E-state index is 5.73. The van der Waals surface area contributed by atoms with Crippen molar-refractivity contribution in [2.75, 3.05) is 6.61 Å². The van der Waals surface area contributed by atoms with E-state index in [0.717, 1.165) is 18.3 Å². The molecule has 2 rings (SSSR count). The Morgan fingerprint density at radius 1 is 1.32 bits per heavy atom. The molecule has 2 heteroatoms. The Bertz CT molecular complexity index is 391. The fourth-order valence-electron chi connectivity index (χ4n) is 3.15. The standard InChI is InChI=1S/C17H27NO/c1-4-19-17-11-6-5-10-16(17)14(3)18-15-9-7-8-13(2)12-15/h5-6,10-11,13-15,18H,4,7-9,12H2,1-3H3. The average molecular weight is 261 g/mol. The molecule has 0 saturated heterocycles. The zero-order chi connectivity index (χ0) is 13.7. The highest BCUT2D eigenvalue weighted by atomic mass is 16.5. The van der Waals surface area contributed by atoms with Gasteiger partial charge in [0, 0.05) is 17.6 Å². The van der Waals surface area contributed by atoms with Crippen LogP contribution in [0.3, 0.4) is 0 Å². The molecule has 0 heterocycles. The fourth-order valence-corrected chi connectivity index (χ4v) is 3.15. The third kappa shape index (κ3) is 3.97. The van der Waals surface area contributed by atoms with Crippen molar-refractivity contribution in [3.63, 3.8) is 0 Å². The van der Waals surface area contributed by atoms with Gasteiger partial charge in [-0.2, -0.15) is 0 Å². The van der Waals surface area contributed by atoms with Gasteiger partial charge in [0.2, 0.25) is 0 Å². The van der Waals surface area contributed by atoms with E-state index >= 15 is 0 Å². The number of hydrogen-bond donors (Lipinski definition) is 1. The van der Waals surface area contributed by atoms with Gasteiger partial charge in [-0.3, -0.25) is 0 Å². The van der Waals surface area contributed by atoms with E-state index in [1.54, 1.807) is 0 Å². The number of rotatable bonds is 5. The molecular formula is C17H27NO. The molecule has 1 saturated carbocycles. The number of hydrogen-bond acceptors (Lipinski definition) is 2. The van der Waals surface area contributed by atoms with Crippen LogP contribution >= 0.6 is 0 Å². The van der Waals surface area contributed by atoms with E-state index in [1.807, 2.05) is 13.0 Å². The van der Waals surface area contributed by atoms with E-state index in [2.05, 4.69) is 37.4 Å². The summed E-state index contributed by atoms with van der Waals surface area (Å²) in [5.41, 5.74) is 1.28. The van der Waals surface area contributed by atoms with Crippen LogP contribution in [0.1, 0.15) is 58.1 Å². The van der Waals surface area contributed by atoms with Gasteiger partial charge in [0.15, 0.2) is 0 Å². The van der Waals surface area contributed by atoms with E-state index in [1.165, 1.54) is 31.2 Å². The molecule has 1 aromatic carbocycles. The molecule has 0 bridgehead atoms. The Labute approximate surface area is 117 Å². The predicted molar refractivity (Wildman–Crippen MR) is 80.6 cm³/mol. The van der Waals surface area contributed by atoms with Gasteiger partial charge in [-0.25, -0.2) is 0 Å². The molecule has 0 aromatic heterocycles. The van der Waals surface area contributed by atoms with Crippen LogP contribution in [0.5, 0.6) is 5.75 Å². The van der Waals surface area contributed by atoms with E-state index in [9.17, 15) is 0 Å². The van der Waals surface area contributed by atoms with Gasteiger partial charge in [-0.05, 0) is 38.7 Å². The maximum Gasteiger partial charge on any atom is 0.124 e. The lowest BCUT2D eigenvalue weighted by atomic mass is 9.86. The molecule has 1 fully saturated rings. The molecule has 1 N–H and O–H groups in total. The van der Waals surface area contributed by atoms with Crippen LogP contribution in [0.4, 0.5) is 0 Å². The molecule has 19 heavy (non-hydrogen) atoms. The molecule has 106 valence electrons. The number of para-hydroxylation sites is 1. The fraction of sp³-hybridized carbons (Fsp3) is 0.647. The predicted octanol–water partition coefficient (Wildman–Crippen LogP) is 4.31. The summed E-state index contributed by atoms with van der Waals surface area (Å²) in [4.78, 5) is 0. The summed E-state index contributed by atoms with van der Waals surface area (Å²) >= 11 is 0. The smallest absolute Gasteiger partial charge is 0.124 e. The Kier molecular flexibility index (Phi) is 5.26. The van der Waals surface area contributed by atoms with E-state index in [-0.39, 0.29) is 0 Å². The molecule has 0 amide bonds. The molecule has 3 unspecified atom stereocenters. The van der Waals surface area contributed by atoms with Crippen molar-refractivity contribution in [3.8, 4) is 5.75 Å². The van der Waals surface area contributed by atoms with Crippen molar-refractivity contribution in [1.82, 2.24) is 5.32 Å². The van der Waals surface area contributed by atoms with Crippen molar-refractivity contribution >= 4 is 0 Å². The van der Waals surface area contributed by atoms with E-state index < -0.39 is 0 Å². The first-order valence-electron chi connectivity index (χ1n) is 7.68. The Morgan fingerprint density at radius 2 is 2.11 bits per heavy atom. The van der Waals surface area contributed by atoms with Crippen LogP contribution in [0.25, 0.3) is 0 Å². The quantitative estimate of drug-likeness (QED) is 0.852. The van der Waals surface area contributed by atoms with Gasteiger partial charge in [0.25, 0.3) is 0 Å². The molecule has 1 aliphatic carbocycles. The summed E-state index contributed by atoms with van der Waals surface area (Å²) in [6.07, 6.45) is 5.37. The first-order chi connectivity index (χ1) is 9.20. The summed E-state index contributed by atoms with van der Waals surface area (Å²) in [7, 11) is 0. The molecule has 0 radical (unpaired) electrons. The van der Waals surface area contributed by atoms with E-state index in [4.69, 9.17) is 4.74 Å². The van der Waals surface area contributed by atoms with Crippen molar-refractivity contribution < 1.29 is 4.74 Å². The Morgan fingerprint density at radius 3 is 2.84 bits per heavy atom. The summed E-state index contributed by atoms with van der Waals surface area (Å²) in [5.74, 6) is 1.88. The van der Waals surface area contributed by atoms with Crippen molar-refractivity contribution in [2.24, 2.45) is 5.92 Å². The summed E-state index contributed by atoms with van der Waals surface area (Å²) in [5, 5.41) is 3.78. The topological polar surface area (TPSA) is 21.3 Å². The minimum Gasteiger partial charge on any atom is -0.494 e. The first kappa shape index (κ1) is 14.4. The lowest BCUT2D eigenvalue weighted by Gasteiger charge is -2.30. The highest BCUT2D eigenvalue weighted by Crippen LogP contribution is 2.29. The summed E-state index contributed by atoms with van der Waals surface area (Å²) < 4.78 is 5.73. The van der Waals surface area contributed by atoms with Gasteiger partial charge in [-0.1, -0.05) is 38.0 Å². The zero-order valence-electron chi connectivity index (χ0n) is 12.5. The normalized spacial score (nSPS) is 25.0. The Balaban J connectivity index is 2.00. The SMILES string of the molecule is CCOc1ccccc1C(C)NC1CCCC(C)C1. The van der Waals surface area contributed by atoms with Gasteiger partial charge in [0.05, 0.1) is 6.61 Å². The van der Waals surface area contributed by atoms with Crippen LogP contribution in [0.15, 0.2) is 24.3 Å². The largest absolute Gasteiger partial charge is 0.494 e. The molecule has 0 spiro atoms. The average Bonchev–Trinajstić information content (AvgIpc) is 2.39. The third-order valence-corrected chi connectivity index (χ3v) is 4.11. The van der Waals surface area contributed by atoms with Crippen molar-refractivity contribution in [3.05, 3.63) is 29.8 Å². The Hall–Kier alpha value is -1.02. The van der Waals surface area contributed by atoms with Crippen molar-refractivity contribution in [1.29, 1.82) is 0 Å². The second kappa shape index (κ2) is 6.95. The third-order valence-electron chi connectivity index (χ3n) is 4.11. The maximum atomic E-state index is 5.73. The second-order valence-electron chi connectivity index (χ2n) is 5.83. The highest BCUT2D eigenvalue weighted by molar-refractivity contribution is 5.35. The van der Waals surface area contributed by atoms with Crippen molar-refractivity contribution in [2.45, 2.75) is 58.5 Å². The van der Waals surface area contributed by atoms with Crippen LogP contribution < -0.4 is 10.1 Å². The van der Waals surface area contributed by atoms with Gasteiger partial charge >= 0.3 is 0 Å². The molecule has 2 nitrogen and oxygen atoms in total. The van der Waals surface area contributed by atoms with Gasteiger partial charge < -0.3 is 10.1 Å². The number of benzene rings is 1. The van der Waals surface area contributed by atoms with E-state index in [0.29, 0.717) is 12.1 Å². The minimum absolute atomic E-state index is 0.359.